The van der Waals surface area contributed by atoms with Crippen LogP contribution < -0.4 is 14.1 Å². The van der Waals surface area contributed by atoms with Crippen molar-refractivity contribution in [1.82, 2.24) is 0 Å². The summed E-state index contributed by atoms with van der Waals surface area (Å²) in [5.74, 6) is 1.41. The van der Waals surface area contributed by atoms with Gasteiger partial charge < -0.3 is 18.9 Å². The van der Waals surface area contributed by atoms with Crippen molar-refractivity contribution in [1.29, 1.82) is 0 Å². The van der Waals surface area contributed by atoms with Gasteiger partial charge >= 0.3 is 10.3 Å². The first-order valence-electron chi connectivity index (χ1n) is 11.0. The minimum atomic E-state index is -4.22. The Labute approximate surface area is 184 Å². The molecular formula is C22H32N2O6S. The van der Waals surface area contributed by atoms with E-state index in [4.69, 9.17) is 18.8 Å². The van der Waals surface area contributed by atoms with Crippen molar-refractivity contribution in [3.05, 3.63) is 23.3 Å². The van der Waals surface area contributed by atoms with E-state index in [1.807, 2.05) is 6.07 Å². The highest BCUT2D eigenvalue weighted by molar-refractivity contribution is 7.84. The van der Waals surface area contributed by atoms with Crippen LogP contribution >= 0.6 is 0 Å². The maximum absolute atomic E-state index is 11.5. The molecule has 0 aliphatic heterocycles. The van der Waals surface area contributed by atoms with Crippen LogP contribution in [0.15, 0.2) is 17.3 Å². The highest BCUT2D eigenvalue weighted by Crippen LogP contribution is 2.63. The van der Waals surface area contributed by atoms with Crippen LogP contribution in [-0.2, 0) is 15.0 Å². The van der Waals surface area contributed by atoms with Gasteiger partial charge in [0.15, 0.2) is 11.5 Å². The van der Waals surface area contributed by atoms with E-state index in [1.165, 1.54) is 7.11 Å². The lowest BCUT2D eigenvalue weighted by Crippen LogP contribution is -2.47. The van der Waals surface area contributed by atoms with Crippen LogP contribution in [-0.4, -0.2) is 39.2 Å². The summed E-state index contributed by atoms with van der Waals surface area (Å²) < 4.78 is 39.5. The second kappa shape index (κ2) is 8.26. The molecule has 31 heavy (non-hydrogen) atoms. The first-order chi connectivity index (χ1) is 14.8. The predicted octanol–water partition coefficient (Wildman–Crippen LogP) is 3.56. The van der Waals surface area contributed by atoms with Crippen LogP contribution in [0.5, 0.6) is 11.5 Å². The lowest BCUT2D eigenvalue weighted by Gasteiger charge is -2.52. The zero-order valence-electron chi connectivity index (χ0n) is 18.3. The largest absolute Gasteiger partial charge is 0.493 e. The van der Waals surface area contributed by atoms with Crippen molar-refractivity contribution in [2.45, 2.75) is 64.4 Å². The van der Waals surface area contributed by atoms with Gasteiger partial charge in [0.1, 0.15) is 0 Å². The summed E-state index contributed by atoms with van der Waals surface area (Å²) in [5, 5.41) is 18.5. The number of hydrogen-bond donors (Lipinski definition) is 2. The molecule has 1 aromatic carbocycles. The number of fused-ring (bicyclic) bond motifs is 5. The van der Waals surface area contributed by atoms with E-state index < -0.39 is 10.3 Å². The van der Waals surface area contributed by atoms with E-state index in [2.05, 4.69) is 19.0 Å². The van der Waals surface area contributed by atoms with Gasteiger partial charge in [0, 0.05) is 12.2 Å². The molecule has 0 aromatic heterocycles. The minimum absolute atomic E-state index is 0.000611. The SMILES string of the molecule is CCO[C@H]1CC[C@H]2[C@@H]3C/C(=N\O)c4cc(OS(N)(=O)=O)c(OC)cc4[C@H]3CC[C@]12CC. The van der Waals surface area contributed by atoms with Gasteiger partial charge in [0.05, 0.1) is 18.9 Å². The van der Waals surface area contributed by atoms with Crippen molar-refractivity contribution >= 4 is 16.0 Å². The minimum Gasteiger partial charge on any atom is -0.493 e. The molecular weight excluding hydrogens is 420 g/mol. The van der Waals surface area contributed by atoms with Gasteiger partial charge in [0.2, 0.25) is 0 Å². The number of benzene rings is 1. The Morgan fingerprint density at radius 3 is 2.61 bits per heavy atom. The molecule has 5 atom stereocenters. The second-order valence-electron chi connectivity index (χ2n) is 8.94. The summed E-state index contributed by atoms with van der Waals surface area (Å²) in [6, 6.07) is 3.40. The Morgan fingerprint density at radius 1 is 1.23 bits per heavy atom. The van der Waals surface area contributed by atoms with Crippen molar-refractivity contribution in [2.75, 3.05) is 13.7 Å². The van der Waals surface area contributed by atoms with E-state index in [1.54, 1.807) is 6.07 Å². The fraction of sp³-hybridized carbons (Fsp3) is 0.682. The first kappa shape index (κ1) is 22.4. The molecule has 3 N–H and O–H groups in total. The Kier molecular flexibility index (Phi) is 5.95. The molecule has 0 heterocycles. The molecule has 3 aliphatic carbocycles. The molecule has 0 spiro atoms. The van der Waals surface area contributed by atoms with E-state index in [-0.39, 0.29) is 23.2 Å². The monoisotopic (exact) mass is 452 g/mol. The molecule has 2 fully saturated rings. The van der Waals surface area contributed by atoms with E-state index >= 15 is 0 Å². The third-order valence-corrected chi connectivity index (χ3v) is 8.31. The highest BCUT2D eigenvalue weighted by atomic mass is 32.2. The number of methoxy groups -OCH3 is 1. The van der Waals surface area contributed by atoms with Gasteiger partial charge in [-0.1, -0.05) is 12.1 Å². The van der Waals surface area contributed by atoms with E-state index in [0.717, 1.165) is 44.3 Å². The van der Waals surface area contributed by atoms with Gasteiger partial charge in [-0.2, -0.15) is 13.6 Å². The average molecular weight is 453 g/mol. The zero-order valence-corrected chi connectivity index (χ0v) is 19.2. The van der Waals surface area contributed by atoms with E-state index in [9.17, 15) is 13.6 Å². The molecule has 2 saturated carbocycles. The Hall–Kier alpha value is -1.84. The molecule has 0 saturated heterocycles. The quantitative estimate of drug-likeness (QED) is 0.503. The van der Waals surface area contributed by atoms with Crippen LogP contribution in [0.1, 0.15) is 69.4 Å². The Bertz CT molecular complexity index is 978. The molecule has 0 bridgehead atoms. The number of nitrogens with zero attached hydrogens (tertiary/aromatic N) is 1. The van der Waals surface area contributed by atoms with Crippen LogP contribution in [0.2, 0.25) is 0 Å². The summed E-state index contributed by atoms with van der Waals surface area (Å²) >= 11 is 0. The van der Waals surface area contributed by atoms with Crippen LogP contribution in [0, 0.1) is 17.3 Å². The van der Waals surface area contributed by atoms with Crippen molar-refractivity contribution in [3.8, 4) is 11.5 Å². The summed E-state index contributed by atoms with van der Waals surface area (Å²) in [6.07, 6.45) is 6.26. The smallest absolute Gasteiger partial charge is 0.380 e. The Morgan fingerprint density at radius 2 is 2.00 bits per heavy atom. The summed E-state index contributed by atoms with van der Waals surface area (Å²) in [4.78, 5) is 0. The molecule has 172 valence electrons. The van der Waals surface area contributed by atoms with Crippen molar-refractivity contribution < 1.29 is 27.3 Å². The normalized spacial score (nSPS) is 33.5. The van der Waals surface area contributed by atoms with Crippen LogP contribution in [0.3, 0.4) is 0 Å². The number of rotatable bonds is 6. The van der Waals surface area contributed by atoms with Gasteiger partial charge in [-0.15, -0.1) is 0 Å². The topological polar surface area (TPSA) is 120 Å². The fourth-order valence-electron chi connectivity index (χ4n) is 6.75. The number of ether oxygens (including phenoxy) is 2. The molecule has 0 amide bonds. The van der Waals surface area contributed by atoms with Crippen LogP contribution in [0.25, 0.3) is 0 Å². The molecule has 0 radical (unpaired) electrons. The summed E-state index contributed by atoms with van der Waals surface area (Å²) in [7, 11) is -2.75. The molecule has 8 nitrogen and oxygen atoms in total. The number of nitrogens with two attached hydrogens (primary N) is 1. The maximum atomic E-state index is 11.5. The predicted molar refractivity (Wildman–Crippen MR) is 116 cm³/mol. The zero-order chi connectivity index (χ0) is 22.4. The van der Waals surface area contributed by atoms with E-state index in [0.29, 0.717) is 35.3 Å². The molecule has 1 aromatic rings. The van der Waals surface area contributed by atoms with Gasteiger partial charge in [0.25, 0.3) is 0 Å². The third kappa shape index (κ3) is 3.70. The number of hydrogen-bond acceptors (Lipinski definition) is 7. The van der Waals surface area contributed by atoms with Crippen molar-refractivity contribution in [2.24, 2.45) is 27.5 Å². The van der Waals surface area contributed by atoms with Crippen molar-refractivity contribution in [3.63, 3.8) is 0 Å². The van der Waals surface area contributed by atoms with Gasteiger partial charge in [-0.3, -0.25) is 0 Å². The lowest BCUT2D eigenvalue weighted by atomic mass is 9.53. The van der Waals surface area contributed by atoms with Crippen LogP contribution in [0.4, 0.5) is 0 Å². The highest BCUT2D eigenvalue weighted by Gasteiger charge is 2.57. The average Bonchev–Trinajstić information content (AvgIpc) is 3.10. The lowest BCUT2D eigenvalue weighted by molar-refractivity contribution is -0.0707. The maximum Gasteiger partial charge on any atom is 0.380 e. The summed E-state index contributed by atoms with van der Waals surface area (Å²) in [5.41, 5.74) is 2.43. The first-order valence-corrected chi connectivity index (χ1v) is 12.5. The number of oxime groups is 1. The van der Waals surface area contributed by atoms with Gasteiger partial charge in [-0.05, 0) is 86.3 Å². The fourth-order valence-corrected chi connectivity index (χ4v) is 7.13. The molecule has 4 rings (SSSR count). The third-order valence-electron chi connectivity index (χ3n) is 7.90. The molecule has 0 unspecified atom stereocenters. The second-order valence-corrected chi connectivity index (χ2v) is 10.1. The van der Waals surface area contributed by atoms with Gasteiger partial charge in [-0.25, -0.2) is 0 Å². The molecule has 9 heteroatoms. The molecule has 3 aliphatic rings. The Balaban J connectivity index is 1.77. The standard InChI is InChI=1S/C22H32N2O6S/c1-4-22-9-8-13-14-11-19(28-3)20(30-31(23,26)27)12-16(14)18(24-25)10-15(13)17(22)6-7-21(22)29-5-2/h11-13,15,17,21,25H,4-10H2,1-3H3,(H2,23,26,27)/b24-18+/t13-,15-,17+,21+,22+/m1/s1. The summed E-state index contributed by atoms with van der Waals surface area (Å²) in [6.45, 7) is 5.05.